The van der Waals surface area contributed by atoms with Crippen LogP contribution in [0, 0.1) is 0 Å². The Bertz CT molecular complexity index is 388. The van der Waals surface area contributed by atoms with Gasteiger partial charge in [0, 0.05) is 38.6 Å². The average molecular weight is 262 g/mol. The van der Waals surface area contributed by atoms with Crippen LogP contribution in [0.1, 0.15) is 36.7 Å². The van der Waals surface area contributed by atoms with Crippen molar-refractivity contribution in [2.24, 2.45) is 0 Å². The van der Waals surface area contributed by atoms with E-state index in [2.05, 4.69) is 21.8 Å². The SMILES string of the molecule is CCCCCN1CCN(C(=O)c2cnccn2)CC1. The summed E-state index contributed by atoms with van der Waals surface area (Å²) in [6, 6.07) is 0. The molecule has 0 atom stereocenters. The third-order valence-electron chi connectivity index (χ3n) is 3.52. The number of piperazine rings is 1. The molecule has 5 nitrogen and oxygen atoms in total. The molecule has 1 saturated heterocycles. The first-order valence-electron chi connectivity index (χ1n) is 7.09. The highest BCUT2D eigenvalue weighted by molar-refractivity contribution is 5.92. The summed E-state index contributed by atoms with van der Waals surface area (Å²) < 4.78 is 0. The van der Waals surface area contributed by atoms with Crippen molar-refractivity contribution in [2.75, 3.05) is 32.7 Å². The van der Waals surface area contributed by atoms with Crippen molar-refractivity contribution in [1.29, 1.82) is 0 Å². The molecule has 1 amide bonds. The minimum Gasteiger partial charge on any atom is -0.335 e. The van der Waals surface area contributed by atoms with Crippen LogP contribution < -0.4 is 0 Å². The fourth-order valence-corrected chi connectivity index (χ4v) is 2.33. The van der Waals surface area contributed by atoms with Crippen LogP contribution in [-0.2, 0) is 0 Å². The molecule has 2 heterocycles. The highest BCUT2D eigenvalue weighted by atomic mass is 16.2. The molecular formula is C14H22N4O. The number of nitrogens with zero attached hydrogens (tertiary/aromatic N) is 4. The first kappa shape index (κ1) is 13.9. The Hall–Kier alpha value is -1.49. The second kappa shape index (κ2) is 7.19. The summed E-state index contributed by atoms with van der Waals surface area (Å²) in [5, 5.41) is 0. The van der Waals surface area contributed by atoms with Crippen molar-refractivity contribution in [2.45, 2.75) is 26.2 Å². The van der Waals surface area contributed by atoms with Crippen molar-refractivity contribution in [1.82, 2.24) is 19.8 Å². The second-order valence-corrected chi connectivity index (χ2v) is 4.93. The van der Waals surface area contributed by atoms with E-state index in [0.717, 1.165) is 32.7 Å². The number of hydrogen-bond acceptors (Lipinski definition) is 4. The quantitative estimate of drug-likeness (QED) is 0.753. The highest BCUT2D eigenvalue weighted by Gasteiger charge is 2.22. The first-order chi connectivity index (χ1) is 9.31. The number of carbonyl (C=O) groups excluding carboxylic acids is 1. The second-order valence-electron chi connectivity index (χ2n) is 4.93. The van der Waals surface area contributed by atoms with E-state index in [9.17, 15) is 4.79 Å². The summed E-state index contributed by atoms with van der Waals surface area (Å²) in [7, 11) is 0. The van der Waals surface area contributed by atoms with Crippen LogP contribution in [0.5, 0.6) is 0 Å². The van der Waals surface area contributed by atoms with E-state index in [1.54, 1.807) is 12.4 Å². The molecule has 19 heavy (non-hydrogen) atoms. The lowest BCUT2D eigenvalue weighted by Gasteiger charge is -2.34. The van der Waals surface area contributed by atoms with Crippen LogP contribution in [0.3, 0.4) is 0 Å². The van der Waals surface area contributed by atoms with E-state index in [0.29, 0.717) is 5.69 Å². The molecule has 1 aliphatic heterocycles. The zero-order chi connectivity index (χ0) is 13.5. The van der Waals surface area contributed by atoms with Crippen molar-refractivity contribution >= 4 is 5.91 Å². The van der Waals surface area contributed by atoms with E-state index in [1.165, 1.54) is 25.5 Å². The lowest BCUT2D eigenvalue weighted by atomic mass is 10.2. The predicted molar refractivity (Wildman–Crippen MR) is 73.9 cm³/mol. The van der Waals surface area contributed by atoms with Gasteiger partial charge in [0.25, 0.3) is 5.91 Å². The van der Waals surface area contributed by atoms with E-state index >= 15 is 0 Å². The first-order valence-corrected chi connectivity index (χ1v) is 7.09. The molecule has 0 aromatic carbocycles. The molecule has 0 radical (unpaired) electrons. The molecule has 0 N–H and O–H groups in total. The van der Waals surface area contributed by atoms with Crippen LogP contribution in [0.2, 0.25) is 0 Å². The number of unbranched alkanes of at least 4 members (excludes halogenated alkanes) is 2. The van der Waals surface area contributed by atoms with Gasteiger partial charge in [-0.25, -0.2) is 4.98 Å². The lowest BCUT2D eigenvalue weighted by molar-refractivity contribution is 0.0629. The lowest BCUT2D eigenvalue weighted by Crippen LogP contribution is -2.49. The molecule has 0 unspecified atom stereocenters. The van der Waals surface area contributed by atoms with Gasteiger partial charge >= 0.3 is 0 Å². The van der Waals surface area contributed by atoms with Gasteiger partial charge in [-0.1, -0.05) is 19.8 Å². The summed E-state index contributed by atoms with van der Waals surface area (Å²) in [5.74, 6) is 0.00121. The molecule has 0 spiro atoms. The number of aromatic nitrogens is 2. The van der Waals surface area contributed by atoms with Gasteiger partial charge in [0.05, 0.1) is 6.20 Å². The van der Waals surface area contributed by atoms with Crippen molar-refractivity contribution in [3.63, 3.8) is 0 Å². The Morgan fingerprint density at radius 2 is 2.00 bits per heavy atom. The molecule has 1 aliphatic rings. The Kier molecular flexibility index (Phi) is 5.27. The largest absolute Gasteiger partial charge is 0.335 e. The molecule has 2 rings (SSSR count). The van der Waals surface area contributed by atoms with E-state index in [1.807, 2.05) is 4.90 Å². The van der Waals surface area contributed by atoms with Crippen LogP contribution in [0.15, 0.2) is 18.6 Å². The third-order valence-corrected chi connectivity index (χ3v) is 3.52. The minimum absolute atomic E-state index is 0.00121. The molecule has 0 saturated carbocycles. The van der Waals surface area contributed by atoms with Crippen molar-refractivity contribution in [3.8, 4) is 0 Å². The maximum absolute atomic E-state index is 12.2. The van der Waals surface area contributed by atoms with Gasteiger partial charge in [-0.15, -0.1) is 0 Å². The molecule has 1 aromatic heterocycles. The summed E-state index contributed by atoms with van der Waals surface area (Å²) in [5.41, 5.74) is 0.446. The maximum Gasteiger partial charge on any atom is 0.274 e. The fraction of sp³-hybridized carbons (Fsp3) is 0.643. The summed E-state index contributed by atoms with van der Waals surface area (Å²) in [6.07, 6.45) is 8.49. The zero-order valence-corrected chi connectivity index (χ0v) is 11.6. The Morgan fingerprint density at radius 1 is 1.21 bits per heavy atom. The van der Waals surface area contributed by atoms with E-state index in [-0.39, 0.29) is 5.91 Å². The van der Waals surface area contributed by atoms with Crippen LogP contribution in [0.25, 0.3) is 0 Å². The number of amides is 1. The normalized spacial score (nSPS) is 16.6. The predicted octanol–water partition coefficient (Wildman–Crippen LogP) is 1.42. The Labute approximate surface area is 114 Å². The summed E-state index contributed by atoms with van der Waals surface area (Å²) in [6.45, 7) is 6.90. The maximum atomic E-state index is 12.2. The smallest absolute Gasteiger partial charge is 0.274 e. The molecule has 1 aromatic rings. The topological polar surface area (TPSA) is 49.3 Å². The van der Waals surface area contributed by atoms with Gasteiger partial charge < -0.3 is 4.90 Å². The molecule has 0 aliphatic carbocycles. The fourth-order valence-electron chi connectivity index (χ4n) is 2.33. The Morgan fingerprint density at radius 3 is 2.63 bits per heavy atom. The molecule has 104 valence electrons. The standard InChI is InChI=1S/C14H22N4O/c1-2-3-4-7-17-8-10-18(11-9-17)14(19)13-12-15-5-6-16-13/h5-6,12H,2-4,7-11H2,1H3. The van der Waals surface area contributed by atoms with Gasteiger partial charge in [-0.05, 0) is 13.0 Å². The summed E-state index contributed by atoms with van der Waals surface area (Å²) >= 11 is 0. The Balaban J connectivity index is 1.78. The van der Waals surface area contributed by atoms with Gasteiger partial charge in [0.1, 0.15) is 5.69 Å². The molecule has 0 bridgehead atoms. The number of rotatable bonds is 5. The van der Waals surface area contributed by atoms with Crippen LogP contribution in [-0.4, -0.2) is 58.4 Å². The molecular weight excluding hydrogens is 240 g/mol. The molecule has 5 heteroatoms. The van der Waals surface area contributed by atoms with Crippen LogP contribution >= 0.6 is 0 Å². The van der Waals surface area contributed by atoms with Crippen LogP contribution in [0.4, 0.5) is 0 Å². The zero-order valence-electron chi connectivity index (χ0n) is 11.6. The monoisotopic (exact) mass is 262 g/mol. The summed E-state index contributed by atoms with van der Waals surface area (Å²) in [4.78, 5) is 24.5. The van der Waals surface area contributed by atoms with Gasteiger partial charge in [-0.2, -0.15) is 0 Å². The third kappa shape index (κ3) is 3.99. The molecule has 1 fully saturated rings. The van der Waals surface area contributed by atoms with Gasteiger partial charge in [0.2, 0.25) is 0 Å². The minimum atomic E-state index is 0.00121. The van der Waals surface area contributed by atoms with Gasteiger partial charge in [-0.3, -0.25) is 14.7 Å². The van der Waals surface area contributed by atoms with Gasteiger partial charge in [0.15, 0.2) is 0 Å². The highest BCUT2D eigenvalue weighted by Crippen LogP contribution is 2.07. The average Bonchev–Trinajstić information content (AvgIpc) is 2.48. The number of carbonyl (C=O) groups is 1. The van der Waals surface area contributed by atoms with E-state index in [4.69, 9.17) is 0 Å². The van der Waals surface area contributed by atoms with Crippen molar-refractivity contribution in [3.05, 3.63) is 24.3 Å². The van der Waals surface area contributed by atoms with E-state index < -0.39 is 0 Å². The van der Waals surface area contributed by atoms with Crippen molar-refractivity contribution < 1.29 is 4.79 Å². The number of hydrogen-bond donors (Lipinski definition) is 0.